The molecule has 0 spiro atoms. The van der Waals surface area contributed by atoms with Crippen molar-refractivity contribution in [3.63, 3.8) is 0 Å². The summed E-state index contributed by atoms with van der Waals surface area (Å²) >= 11 is 0. The van der Waals surface area contributed by atoms with Crippen molar-refractivity contribution in [1.82, 2.24) is 5.32 Å². The van der Waals surface area contributed by atoms with Crippen LogP contribution in [0.5, 0.6) is 0 Å². The predicted molar refractivity (Wildman–Crippen MR) is 67.6 cm³/mol. The zero-order valence-electron chi connectivity index (χ0n) is 11.3. The van der Waals surface area contributed by atoms with Crippen LogP contribution in [0.15, 0.2) is 0 Å². The Morgan fingerprint density at radius 3 is 2.31 bits per heavy atom. The maximum atomic E-state index is 5.66. The smallest absolute Gasteiger partial charge is 0.0802 e. The number of ether oxygens (including phenoxy) is 1. The van der Waals surface area contributed by atoms with Gasteiger partial charge in [0.1, 0.15) is 0 Å². The summed E-state index contributed by atoms with van der Waals surface area (Å²) in [4.78, 5) is 0. The molecule has 0 heterocycles. The molecule has 0 aromatic rings. The summed E-state index contributed by atoms with van der Waals surface area (Å²) < 4.78 is 5.66. The van der Waals surface area contributed by atoms with Crippen LogP contribution in [0, 0.1) is 11.3 Å². The molecule has 0 bridgehead atoms. The lowest BCUT2D eigenvalue weighted by Crippen LogP contribution is -2.50. The Morgan fingerprint density at radius 1 is 1.25 bits per heavy atom. The highest BCUT2D eigenvalue weighted by atomic mass is 16.5. The minimum Gasteiger partial charge on any atom is -0.377 e. The molecule has 2 rings (SSSR count). The van der Waals surface area contributed by atoms with Crippen LogP contribution in [0.25, 0.3) is 0 Å². The van der Waals surface area contributed by atoms with Gasteiger partial charge in [-0.3, -0.25) is 0 Å². The van der Waals surface area contributed by atoms with Gasteiger partial charge in [0, 0.05) is 19.7 Å². The molecule has 2 aliphatic carbocycles. The van der Waals surface area contributed by atoms with E-state index in [-0.39, 0.29) is 5.60 Å². The summed E-state index contributed by atoms with van der Waals surface area (Å²) in [5.41, 5.74) is 0.698. The zero-order valence-corrected chi connectivity index (χ0v) is 11.3. The fraction of sp³-hybridized carbons (Fsp3) is 1.00. The van der Waals surface area contributed by atoms with Crippen molar-refractivity contribution in [3.8, 4) is 0 Å². The first-order valence-electron chi connectivity index (χ1n) is 6.75. The molecule has 0 aromatic heterocycles. The minimum atomic E-state index is 0.173. The molecule has 2 saturated carbocycles. The third-order valence-corrected chi connectivity index (χ3v) is 4.72. The molecule has 16 heavy (non-hydrogen) atoms. The molecule has 94 valence electrons. The topological polar surface area (TPSA) is 21.3 Å². The molecule has 2 aliphatic rings. The lowest BCUT2D eigenvalue weighted by atomic mass is 9.79. The molecule has 2 unspecified atom stereocenters. The highest BCUT2D eigenvalue weighted by Crippen LogP contribution is 2.41. The molecular formula is C14H27NO. The quantitative estimate of drug-likeness (QED) is 0.794. The first-order chi connectivity index (χ1) is 7.46. The molecule has 1 N–H and O–H groups in total. The first kappa shape index (κ1) is 12.4. The van der Waals surface area contributed by atoms with Crippen molar-refractivity contribution < 1.29 is 4.74 Å². The third-order valence-electron chi connectivity index (χ3n) is 4.72. The molecule has 0 amide bonds. The van der Waals surface area contributed by atoms with Gasteiger partial charge in [-0.1, -0.05) is 20.8 Å². The van der Waals surface area contributed by atoms with E-state index in [9.17, 15) is 0 Å². The Morgan fingerprint density at radius 2 is 1.94 bits per heavy atom. The Bertz CT molecular complexity index is 240. The van der Waals surface area contributed by atoms with Gasteiger partial charge in [-0.25, -0.2) is 0 Å². The van der Waals surface area contributed by atoms with Gasteiger partial charge in [-0.15, -0.1) is 0 Å². The fourth-order valence-electron chi connectivity index (χ4n) is 3.51. The van der Waals surface area contributed by atoms with Gasteiger partial charge in [0.2, 0.25) is 0 Å². The van der Waals surface area contributed by atoms with Gasteiger partial charge in [-0.05, 0) is 43.4 Å². The third kappa shape index (κ3) is 2.43. The van der Waals surface area contributed by atoms with Crippen molar-refractivity contribution in [2.75, 3.05) is 13.7 Å². The van der Waals surface area contributed by atoms with E-state index in [1.165, 1.54) is 32.1 Å². The second-order valence-electron chi connectivity index (χ2n) is 6.78. The molecule has 2 fully saturated rings. The van der Waals surface area contributed by atoms with Crippen LogP contribution in [0.3, 0.4) is 0 Å². The highest BCUT2D eigenvalue weighted by Gasteiger charge is 2.40. The van der Waals surface area contributed by atoms with Gasteiger partial charge >= 0.3 is 0 Å². The Hall–Kier alpha value is -0.0800. The number of hydrogen-bond donors (Lipinski definition) is 1. The molecule has 0 aliphatic heterocycles. The summed E-state index contributed by atoms with van der Waals surface area (Å²) in [6.45, 7) is 8.21. The molecule has 0 saturated heterocycles. The van der Waals surface area contributed by atoms with Crippen molar-refractivity contribution in [2.24, 2.45) is 11.3 Å². The van der Waals surface area contributed by atoms with Gasteiger partial charge in [0.05, 0.1) is 5.60 Å². The second kappa shape index (κ2) is 4.30. The SMILES string of the molecule is COC1(CNC2CC(C)(C)CC2C)CCC1. The van der Waals surface area contributed by atoms with Crippen LogP contribution >= 0.6 is 0 Å². The van der Waals surface area contributed by atoms with Crippen molar-refractivity contribution in [3.05, 3.63) is 0 Å². The Balaban J connectivity index is 1.82. The van der Waals surface area contributed by atoms with Crippen molar-refractivity contribution in [1.29, 1.82) is 0 Å². The number of rotatable bonds is 4. The van der Waals surface area contributed by atoms with E-state index in [0.717, 1.165) is 12.5 Å². The van der Waals surface area contributed by atoms with Crippen LogP contribution in [-0.2, 0) is 4.74 Å². The van der Waals surface area contributed by atoms with Crippen molar-refractivity contribution in [2.45, 2.75) is 64.5 Å². The summed E-state index contributed by atoms with van der Waals surface area (Å²) in [6.07, 6.45) is 6.47. The highest BCUT2D eigenvalue weighted by molar-refractivity contribution is 4.96. The monoisotopic (exact) mass is 225 g/mol. The van der Waals surface area contributed by atoms with Gasteiger partial charge in [0.15, 0.2) is 0 Å². The maximum Gasteiger partial charge on any atom is 0.0802 e. The zero-order chi connectivity index (χ0) is 11.8. The first-order valence-corrected chi connectivity index (χ1v) is 6.75. The molecule has 0 aromatic carbocycles. The average molecular weight is 225 g/mol. The van der Waals surface area contributed by atoms with E-state index in [2.05, 4.69) is 26.1 Å². The standard InChI is InChI=1S/C14H27NO/c1-11-8-13(2,3)9-12(11)15-10-14(16-4)6-5-7-14/h11-12,15H,5-10H2,1-4H3. The van der Waals surface area contributed by atoms with Crippen LogP contribution in [-0.4, -0.2) is 25.3 Å². The van der Waals surface area contributed by atoms with E-state index < -0.39 is 0 Å². The van der Waals surface area contributed by atoms with Crippen LogP contribution < -0.4 is 5.32 Å². The average Bonchev–Trinajstić information content (AvgIpc) is 2.38. The van der Waals surface area contributed by atoms with E-state index in [1.54, 1.807) is 0 Å². The summed E-state index contributed by atoms with van der Waals surface area (Å²) in [5.74, 6) is 0.809. The Labute approximate surface area is 100 Å². The molecule has 2 atom stereocenters. The minimum absolute atomic E-state index is 0.173. The molecule has 0 radical (unpaired) electrons. The number of hydrogen-bond acceptors (Lipinski definition) is 2. The number of nitrogens with one attached hydrogen (secondary N) is 1. The van der Waals surface area contributed by atoms with E-state index >= 15 is 0 Å². The normalized spacial score (nSPS) is 36.0. The van der Waals surface area contributed by atoms with E-state index in [4.69, 9.17) is 4.74 Å². The molecule has 2 nitrogen and oxygen atoms in total. The summed E-state index contributed by atoms with van der Waals surface area (Å²) in [6, 6.07) is 0.697. The summed E-state index contributed by atoms with van der Waals surface area (Å²) in [5, 5.41) is 3.76. The summed E-state index contributed by atoms with van der Waals surface area (Å²) in [7, 11) is 1.86. The number of methoxy groups -OCH3 is 1. The van der Waals surface area contributed by atoms with Crippen LogP contribution in [0.1, 0.15) is 52.9 Å². The fourth-order valence-corrected chi connectivity index (χ4v) is 3.51. The van der Waals surface area contributed by atoms with E-state index in [1.807, 2.05) is 7.11 Å². The van der Waals surface area contributed by atoms with Gasteiger partial charge in [-0.2, -0.15) is 0 Å². The Kier molecular flexibility index (Phi) is 3.33. The molecule has 2 heteroatoms. The van der Waals surface area contributed by atoms with Crippen LogP contribution in [0.4, 0.5) is 0 Å². The van der Waals surface area contributed by atoms with Crippen LogP contribution in [0.2, 0.25) is 0 Å². The molecular weight excluding hydrogens is 198 g/mol. The lowest BCUT2D eigenvalue weighted by molar-refractivity contribution is -0.0713. The van der Waals surface area contributed by atoms with E-state index in [0.29, 0.717) is 11.5 Å². The lowest BCUT2D eigenvalue weighted by Gasteiger charge is -2.41. The largest absolute Gasteiger partial charge is 0.377 e. The maximum absolute atomic E-state index is 5.66. The van der Waals surface area contributed by atoms with Gasteiger partial charge in [0.25, 0.3) is 0 Å². The van der Waals surface area contributed by atoms with Crippen molar-refractivity contribution >= 4 is 0 Å². The second-order valence-corrected chi connectivity index (χ2v) is 6.78. The van der Waals surface area contributed by atoms with Gasteiger partial charge < -0.3 is 10.1 Å². The predicted octanol–water partition coefficient (Wildman–Crippen LogP) is 2.97.